The quantitative estimate of drug-likeness (QED) is 0.824. The van der Waals surface area contributed by atoms with Crippen LogP contribution < -0.4 is 10.6 Å². The van der Waals surface area contributed by atoms with Gasteiger partial charge in [0.2, 0.25) is 10.0 Å². The molecule has 2 fully saturated rings. The Hall–Kier alpha value is -1.44. The zero-order valence-corrected chi connectivity index (χ0v) is 13.7. The molecule has 3 aliphatic heterocycles. The Morgan fingerprint density at radius 2 is 1.91 bits per heavy atom. The maximum absolute atomic E-state index is 13.2. The highest BCUT2D eigenvalue weighted by molar-refractivity contribution is 7.89. The molecule has 0 spiro atoms. The maximum atomic E-state index is 13.2. The lowest BCUT2D eigenvalue weighted by atomic mass is 10.0. The van der Waals surface area contributed by atoms with Crippen LogP contribution in [0.1, 0.15) is 35.2 Å². The third-order valence-electron chi connectivity index (χ3n) is 5.17. The van der Waals surface area contributed by atoms with Gasteiger partial charge >= 0.3 is 0 Å². The largest absolute Gasteiger partial charge is 0.352 e. The molecular weight excluding hydrogens is 314 g/mol. The molecule has 6 nitrogen and oxygen atoms in total. The fraction of sp³-hybridized carbons (Fsp3) is 0.562. The number of nitrogens with one attached hydrogen (secondary N) is 2. The van der Waals surface area contributed by atoms with Gasteiger partial charge in [0.05, 0.1) is 4.90 Å². The number of nitrogens with zero attached hydrogens (tertiary/aromatic N) is 1. The van der Waals surface area contributed by atoms with Gasteiger partial charge in [-0.1, -0.05) is 6.07 Å². The summed E-state index contributed by atoms with van der Waals surface area (Å²) in [5.41, 5.74) is 1.42. The number of sulfonamides is 1. The van der Waals surface area contributed by atoms with E-state index < -0.39 is 10.0 Å². The van der Waals surface area contributed by atoms with Crippen LogP contribution in [0.25, 0.3) is 0 Å². The molecule has 0 radical (unpaired) electrons. The van der Waals surface area contributed by atoms with Crippen LogP contribution in [0.15, 0.2) is 23.1 Å². The number of hydrogen-bond acceptors (Lipinski definition) is 4. The van der Waals surface area contributed by atoms with Crippen molar-refractivity contribution in [2.24, 2.45) is 0 Å². The second-order valence-electron chi connectivity index (χ2n) is 6.54. The minimum absolute atomic E-state index is 0.0253. The van der Waals surface area contributed by atoms with E-state index in [4.69, 9.17) is 0 Å². The maximum Gasteiger partial charge on any atom is 0.251 e. The Labute approximate surface area is 136 Å². The van der Waals surface area contributed by atoms with E-state index in [1.807, 2.05) is 0 Å². The Kier molecular flexibility index (Phi) is 3.66. The number of hydrogen-bond donors (Lipinski definition) is 2. The summed E-state index contributed by atoms with van der Waals surface area (Å²) < 4.78 is 28.0. The van der Waals surface area contributed by atoms with E-state index in [2.05, 4.69) is 10.6 Å². The molecule has 1 aromatic rings. The number of carbonyl (C=O) groups is 1. The van der Waals surface area contributed by atoms with Gasteiger partial charge in [0.15, 0.2) is 0 Å². The number of amides is 1. The average Bonchev–Trinajstić information content (AvgIpc) is 2.81. The Morgan fingerprint density at radius 3 is 2.78 bits per heavy atom. The standard InChI is InChI=1S/C16H21N3O3S/c20-16-15-9-14(4-1-11(15)5-8-18-16)23(21,22)19-12-2-3-13(19)10-17-7-6-12/h1,4,9,12-13,17H,2-3,5-8,10H2,(H,18,20). The van der Waals surface area contributed by atoms with Crippen LogP contribution in [0, 0.1) is 0 Å². The summed E-state index contributed by atoms with van der Waals surface area (Å²) in [4.78, 5) is 12.3. The summed E-state index contributed by atoms with van der Waals surface area (Å²) in [6, 6.07) is 5.10. The molecule has 2 atom stereocenters. The molecule has 7 heteroatoms. The Morgan fingerprint density at radius 1 is 1.09 bits per heavy atom. The molecule has 2 unspecified atom stereocenters. The van der Waals surface area contributed by atoms with Gasteiger partial charge in [-0.05, 0) is 49.9 Å². The zero-order chi connectivity index (χ0) is 16.0. The molecule has 2 saturated heterocycles. The van der Waals surface area contributed by atoms with E-state index in [-0.39, 0.29) is 22.9 Å². The predicted molar refractivity (Wildman–Crippen MR) is 85.8 cm³/mol. The summed E-state index contributed by atoms with van der Waals surface area (Å²) in [5, 5.41) is 6.10. The van der Waals surface area contributed by atoms with Crippen molar-refractivity contribution in [1.29, 1.82) is 0 Å². The van der Waals surface area contributed by atoms with Crippen molar-refractivity contribution in [3.8, 4) is 0 Å². The fourth-order valence-corrected chi connectivity index (χ4v) is 5.93. The molecule has 0 aliphatic carbocycles. The summed E-state index contributed by atoms with van der Waals surface area (Å²) in [5.74, 6) is -0.177. The van der Waals surface area contributed by atoms with Gasteiger partial charge in [0, 0.05) is 30.7 Å². The van der Waals surface area contributed by atoms with Crippen LogP contribution in [0.5, 0.6) is 0 Å². The lowest BCUT2D eigenvalue weighted by Crippen LogP contribution is -2.42. The lowest BCUT2D eigenvalue weighted by molar-refractivity contribution is 0.0945. The van der Waals surface area contributed by atoms with Gasteiger partial charge in [0.1, 0.15) is 0 Å². The molecule has 1 amide bonds. The Balaban J connectivity index is 1.74. The summed E-state index contributed by atoms with van der Waals surface area (Å²) in [7, 11) is -3.56. The Bertz CT molecular complexity index is 733. The van der Waals surface area contributed by atoms with Crippen LogP contribution >= 0.6 is 0 Å². The molecule has 0 aromatic heterocycles. The van der Waals surface area contributed by atoms with E-state index >= 15 is 0 Å². The number of carbonyl (C=O) groups excluding carboxylic acids is 1. The second-order valence-corrected chi connectivity index (χ2v) is 8.38. The fourth-order valence-electron chi connectivity index (χ4n) is 4.00. The van der Waals surface area contributed by atoms with E-state index in [0.29, 0.717) is 18.7 Å². The first-order valence-electron chi connectivity index (χ1n) is 8.23. The molecule has 3 aliphatic rings. The molecule has 23 heavy (non-hydrogen) atoms. The highest BCUT2D eigenvalue weighted by atomic mass is 32.2. The van der Waals surface area contributed by atoms with Gasteiger partial charge in [-0.3, -0.25) is 4.79 Å². The van der Waals surface area contributed by atoms with Crippen molar-refractivity contribution < 1.29 is 13.2 Å². The minimum atomic E-state index is -3.56. The second kappa shape index (κ2) is 5.58. The first-order chi connectivity index (χ1) is 11.1. The van der Waals surface area contributed by atoms with Crippen molar-refractivity contribution in [2.45, 2.75) is 42.7 Å². The molecule has 124 valence electrons. The molecule has 4 rings (SSSR count). The third-order valence-corrected chi connectivity index (χ3v) is 7.17. The van der Waals surface area contributed by atoms with Crippen molar-refractivity contribution in [1.82, 2.24) is 14.9 Å². The summed E-state index contributed by atoms with van der Waals surface area (Å²) in [6.45, 7) is 2.18. The van der Waals surface area contributed by atoms with E-state index in [9.17, 15) is 13.2 Å². The molecule has 0 saturated carbocycles. The SMILES string of the molecule is O=C1NCCc2ccc(S(=O)(=O)N3C4CCNCC3CC4)cc21. The van der Waals surface area contributed by atoms with Crippen LogP contribution in [-0.4, -0.2) is 50.3 Å². The molecule has 2 N–H and O–H groups in total. The highest BCUT2D eigenvalue weighted by Gasteiger charge is 2.43. The molecule has 2 bridgehead atoms. The molecular formula is C16H21N3O3S. The summed E-state index contributed by atoms with van der Waals surface area (Å²) in [6.07, 6.45) is 3.43. The van der Waals surface area contributed by atoms with Crippen molar-refractivity contribution >= 4 is 15.9 Å². The third kappa shape index (κ3) is 2.47. The topological polar surface area (TPSA) is 78.5 Å². The molecule has 1 aromatic carbocycles. The van der Waals surface area contributed by atoms with E-state index in [0.717, 1.165) is 37.8 Å². The van der Waals surface area contributed by atoms with Gasteiger partial charge in [-0.25, -0.2) is 8.42 Å². The van der Waals surface area contributed by atoms with Crippen LogP contribution in [0.3, 0.4) is 0 Å². The van der Waals surface area contributed by atoms with Gasteiger partial charge in [-0.15, -0.1) is 0 Å². The van der Waals surface area contributed by atoms with Crippen LogP contribution in [0.2, 0.25) is 0 Å². The number of benzene rings is 1. The summed E-state index contributed by atoms with van der Waals surface area (Å²) >= 11 is 0. The zero-order valence-electron chi connectivity index (χ0n) is 12.9. The van der Waals surface area contributed by atoms with Crippen molar-refractivity contribution in [2.75, 3.05) is 19.6 Å². The van der Waals surface area contributed by atoms with Crippen molar-refractivity contribution in [3.63, 3.8) is 0 Å². The van der Waals surface area contributed by atoms with Gasteiger partial charge < -0.3 is 10.6 Å². The van der Waals surface area contributed by atoms with Crippen LogP contribution in [-0.2, 0) is 16.4 Å². The predicted octanol–water partition coefficient (Wildman–Crippen LogP) is 0.488. The highest BCUT2D eigenvalue weighted by Crippen LogP contribution is 2.34. The normalized spacial score (nSPS) is 28.1. The first kappa shape index (κ1) is 15.1. The minimum Gasteiger partial charge on any atom is -0.352 e. The smallest absolute Gasteiger partial charge is 0.251 e. The van der Waals surface area contributed by atoms with E-state index in [1.54, 1.807) is 22.5 Å². The van der Waals surface area contributed by atoms with Gasteiger partial charge in [0.25, 0.3) is 5.91 Å². The lowest BCUT2D eigenvalue weighted by Gasteiger charge is -2.27. The van der Waals surface area contributed by atoms with E-state index in [1.165, 1.54) is 0 Å². The molecule has 3 heterocycles. The average molecular weight is 335 g/mol. The monoisotopic (exact) mass is 335 g/mol. The van der Waals surface area contributed by atoms with Crippen LogP contribution in [0.4, 0.5) is 0 Å². The van der Waals surface area contributed by atoms with Crippen molar-refractivity contribution in [3.05, 3.63) is 29.3 Å². The first-order valence-corrected chi connectivity index (χ1v) is 9.67. The number of fused-ring (bicyclic) bond motifs is 3. The number of rotatable bonds is 2. The van der Waals surface area contributed by atoms with Gasteiger partial charge in [-0.2, -0.15) is 4.31 Å².